The molecule has 1 atom stereocenters. The highest BCUT2D eigenvalue weighted by Gasteiger charge is 2.23. The van der Waals surface area contributed by atoms with Gasteiger partial charge in [0.15, 0.2) is 5.78 Å². The third-order valence-electron chi connectivity index (χ3n) is 2.62. The number of rotatable bonds is 3. The van der Waals surface area contributed by atoms with Crippen LogP contribution in [0.5, 0.6) is 0 Å². The van der Waals surface area contributed by atoms with E-state index in [2.05, 4.69) is 4.98 Å². The lowest BCUT2D eigenvalue weighted by Crippen LogP contribution is -2.12. The van der Waals surface area contributed by atoms with E-state index in [4.69, 9.17) is 23.2 Å². The van der Waals surface area contributed by atoms with Crippen LogP contribution in [0.2, 0.25) is 10.0 Å². The molecule has 94 valence electrons. The van der Waals surface area contributed by atoms with Gasteiger partial charge in [0, 0.05) is 23.0 Å². The summed E-state index contributed by atoms with van der Waals surface area (Å²) in [4.78, 5) is 16.2. The first-order valence-electron chi connectivity index (χ1n) is 5.42. The number of hydrogen-bond donors (Lipinski definition) is 0. The van der Waals surface area contributed by atoms with E-state index in [0.717, 1.165) is 0 Å². The van der Waals surface area contributed by atoms with Crippen LogP contribution in [0.4, 0.5) is 0 Å². The van der Waals surface area contributed by atoms with Crippen molar-refractivity contribution in [2.75, 3.05) is 0 Å². The van der Waals surface area contributed by atoms with Crippen molar-refractivity contribution in [1.29, 1.82) is 5.26 Å². The molecule has 0 N–H and O–H groups in total. The van der Waals surface area contributed by atoms with Crippen LogP contribution in [0.15, 0.2) is 42.7 Å². The van der Waals surface area contributed by atoms with Gasteiger partial charge in [0.2, 0.25) is 0 Å². The molecular formula is C14H8Cl2N2O. The lowest BCUT2D eigenvalue weighted by atomic mass is 9.92. The zero-order valence-corrected chi connectivity index (χ0v) is 11.2. The fraction of sp³-hybridized carbons (Fsp3) is 0.0714. The average molecular weight is 291 g/mol. The van der Waals surface area contributed by atoms with Gasteiger partial charge in [0.05, 0.1) is 11.1 Å². The molecule has 3 nitrogen and oxygen atoms in total. The third-order valence-corrected chi connectivity index (χ3v) is 3.19. The number of hydrogen-bond acceptors (Lipinski definition) is 3. The van der Waals surface area contributed by atoms with Gasteiger partial charge in [0.25, 0.3) is 0 Å². The van der Waals surface area contributed by atoms with E-state index in [0.29, 0.717) is 10.6 Å². The Morgan fingerprint density at radius 3 is 2.53 bits per heavy atom. The summed E-state index contributed by atoms with van der Waals surface area (Å²) in [5, 5.41) is 9.89. The van der Waals surface area contributed by atoms with Crippen LogP contribution >= 0.6 is 23.2 Å². The first-order chi connectivity index (χ1) is 9.13. The zero-order chi connectivity index (χ0) is 13.8. The largest absolute Gasteiger partial charge is 0.292 e. The van der Waals surface area contributed by atoms with Crippen LogP contribution in [-0.4, -0.2) is 10.8 Å². The number of benzene rings is 1. The van der Waals surface area contributed by atoms with Crippen LogP contribution in [0.25, 0.3) is 0 Å². The van der Waals surface area contributed by atoms with Crippen LogP contribution < -0.4 is 0 Å². The predicted molar refractivity (Wildman–Crippen MR) is 73.4 cm³/mol. The van der Waals surface area contributed by atoms with Gasteiger partial charge in [-0.1, -0.05) is 23.2 Å². The monoisotopic (exact) mass is 290 g/mol. The van der Waals surface area contributed by atoms with Crippen LogP contribution in [0, 0.1) is 11.3 Å². The minimum Gasteiger partial charge on any atom is -0.292 e. The molecule has 1 aromatic heterocycles. The summed E-state index contributed by atoms with van der Waals surface area (Å²) in [6.07, 6.45) is 3.07. The van der Waals surface area contributed by atoms with Crippen molar-refractivity contribution in [3.8, 4) is 6.07 Å². The lowest BCUT2D eigenvalue weighted by molar-refractivity contribution is 0.0979. The van der Waals surface area contributed by atoms with Crippen LogP contribution in [0.3, 0.4) is 0 Å². The van der Waals surface area contributed by atoms with E-state index in [9.17, 15) is 10.1 Å². The Labute approximate surface area is 120 Å². The summed E-state index contributed by atoms with van der Waals surface area (Å²) in [6, 6.07) is 9.84. The molecule has 0 bridgehead atoms. The minimum absolute atomic E-state index is 0.248. The highest BCUT2D eigenvalue weighted by atomic mass is 35.5. The molecule has 1 heterocycles. The van der Waals surface area contributed by atoms with E-state index in [-0.39, 0.29) is 16.4 Å². The Kier molecular flexibility index (Phi) is 4.16. The molecule has 2 rings (SSSR count). The summed E-state index contributed by atoms with van der Waals surface area (Å²) in [6.45, 7) is 0. The number of nitriles is 1. The Morgan fingerprint density at radius 2 is 1.89 bits per heavy atom. The summed E-state index contributed by atoms with van der Waals surface area (Å²) >= 11 is 11.8. The summed E-state index contributed by atoms with van der Waals surface area (Å²) in [5.74, 6) is -1.29. The number of ketones is 1. The zero-order valence-electron chi connectivity index (χ0n) is 9.68. The molecule has 0 aliphatic rings. The molecule has 0 aliphatic carbocycles. The van der Waals surface area contributed by atoms with E-state index < -0.39 is 5.92 Å². The van der Waals surface area contributed by atoms with E-state index >= 15 is 0 Å². The number of carbonyl (C=O) groups excluding carboxylic acids is 1. The summed E-state index contributed by atoms with van der Waals surface area (Å²) < 4.78 is 0. The Hall–Kier alpha value is -1.89. The summed E-state index contributed by atoms with van der Waals surface area (Å²) in [5.41, 5.74) is 0.830. The van der Waals surface area contributed by atoms with Crippen molar-refractivity contribution in [3.05, 3.63) is 63.9 Å². The van der Waals surface area contributed by atoms with Gasteiger partial charge >= 0.3 is 0 Å². The van der Waals surface area contributed by atoms with Gasteiger partial charge in [0.1, 0.15) is 5.92 Å². The van der Waals surface area contributed by atoms with Gasteiger partial charge in [-0.05, 0) is 35.9 Å². The van der Waals surface area contributed by atoms with Crippen molar-refractivity contribution < 1.29 is 4.79 Å². The molecule has 0 aliphatic heterocycles. The highest BCUT2D eigenvalue weighted by molar-refractivity contribution is 6.36. The molecule has 1 aromatic carbocycles. The number of nitrogens with zero attached hydrogens (tertiary/aromatic N) is 2. The number of halogens is 2. The molecule has 0 saturated carbocycles. The minimum atomic E-state index is -0.918. The molecule has 19 heavy (non-hydrogen) atoms. The molecule has 0 fully saturated rings. The molecule has 5 heteroatoms. The molecule has 0 radical (unpaired) electrons. The van der Waals surface area contributed by atoms with Gasteiger partial charge in [-0.2, -0.15) is 5.26 Å². The molecule has 0 saturated heterocycles. The molecule has 0 spiro atoms. The van der Waals surface area contributed by atoms with Gasteiger partial charge in [-0.25, -0.2) is 0 Å². The lowest BCUT2D eigenvalue weighted by Gasteiger charge is -2.09. The SMILES string of the molecule is N#CC(C(=O)c1cc(Cl)ccc1Cl)c1ccncc1. The normalized spacial score (nSPS) is 11.6. The topological polar surface area (TPSA) is 53.8 Å². The molecule has 0 amide bonds. The second-order valence-corrected chi connectivity index (χ2v) is 4.67. The number of pyridine rings is 1. The van der Waals surface area contributed by atoms with Crippen LogP contribution in [0.1, 0.15) is 21.8 Å². The van der Waals surface area contributed by atoms with Gasteiger partial charge in [-0.15, -0.1) is 0 Å². The first kappa shape index (κ1) is 13.5. The van der Waals surface area contributed by atoms with E-state index in [1.165, 1.54) is 24.5 Å². The Morgan fingerprint density at radius 1 is 1.21 bits per heavy atom. The maximum Gasteiger partial charge on any atom is 0.186 e. The number of Topliss-reactive ketones (excluding diaryl/α,β-unsaturated/α-hetero) is 1. The number of aromatic nitrogens is 1. The second-order valence-electron chi connectivity index (χ2n) is 3.83. The van der Waals surface area contributed by atoms with Crippen molar-refractivity contribution in [1.82, 2.24) is 4.98 Å². The predicted octanol–water partition coefficient (Wildman–Crippen LogP) is 3.88. The van der Waals surface area contributed by atoms with Crippen molar-refractivity contribution in [3.63, 3.8) is 0 Å². The number of carbonyl (C=O) groups is 1. The molecule has 1 unspecified atom stereocenters. The first-order valence-corrected chi connectivity index (χ1v) is 6.18. The third kappa shape index (κ3) is 2.93. The van der Waals surface area contributed by atoms with Gasteiger partial charge in [-0.3, -0.25) is 9.78 Å². The molecular weight excluding hydrogens is 283 g/mol. The maximum atomic E-state index is 12.4. The van der Waals surface area contributed by atoms with Gasteiger partial charge < -0.3 is 0 Å². The maximum absolute atomic E-state index is 12.4. The average Bonchev–Trinajstić information content (AvgIpc) is 2.43. The highest BCUT2D eigenvalue weighted by Crippen LogP contribution is 2.27. The fourth-order valence-electron chi connectivity index (χ4n) is 1.68. The van der Waals surface area contributed by atoms with Crippen molar-refractivity contribution >= 4 is 29.0 Å². The quantitative estimate of drug-likeness (QED) is 0.806. The van der Waals surface area contributed by atoms with Crippen molar-refractivity contribution in [2.24, 2.45) is 0 Å². The van der Waals surface area contributed by atoms with E-state index in [1.54, 1.807) is 18.2 Å². The molecule has 2 aromatic rings. The smallest absolute Gasteiger partial charge is 0.186 e. The standard InChI is InChI=1S/C14H8Cl2N2O/c15-10-1-2-13(16)11(7-10)14(19)12(8-17)9-3-5-18-6-4-9/h1-7,12H. The summed E-state index contributed by atoms with van der Waals surface area (Å²) in [7, 11) is 0. The Bertz CT molecular complexity index is 650. The Balaban J connectivity index is 2.43. The van der Waals surface area contributed by atoms with E-state index in [1.807, 2.05) is 6.07 Å². The van der Waals surface area contributed by atoms with Crippen LogP contribution in [-0.2, 0) is 0 Å². The second kappa shape index (κ2) is 5.83. The van der Waals surface area contributed by atoms with Crippen molar-refractivity contribution in [2.45, 2.75) is 5.92 Å². The fourth-order valence-corrected chi connectivity index (χ4v) is 2.07.